The molecule has 0 aliphatic rings. The highest BCUT2D eigenvalue weighted by atomic mass is 16.4. The number of aliphatic hydroxyl groups excluding tert-OH is 1. The maximum absolute atomic E-state index is 11.6. The molecule has 1 amide bonds. The number of carbonyl (C=O) groups excluding carboxylic acids is 1. The lowest BCUT2D eigenvalue weighted by Crippen LogP contribution is -2.42. The van der Waals surface area contributed by atoms with E-state index in [9.17, 15) is 19.5 Å². The summed E-state index contributed by atoms with van der Waals surface area (Å²) in [5.74, 6) is -2.97. The van der Waals surface area contributed by atoms with E-state index in [1.54, 1.807) is 0 Å². The number of amides is 1. The van der Waals surface area contributed by atoms with Gasteiger partial charge in [0.05, 0.1) is 12.5 Å². The van der Waals surface area contributed by atoms with Gasteiger partial charge in [-0.05, 0) is 12.8 Å². The molecule has 0 radical (unpaired) electrons. The standard InChI is InChI=1S/C14H25NO6/c1-2-3-4-5-6-10(16)9-12(17)15-11(14(20)21)7-8-13(18)19/h10-11,16H,2-9H2,1H3,(H,15,17)(H,18,19)(H,20,21). The van der Waals surface area contributed by atoms with Gasteiger partial charge in [-0.3, -0.25) is 9.59 Å². The minimum absolute atomic E-state index is 0.164. The van der Waals surface area contributed by atoms with Crippen molar-refractivity contribution in [2.24, 2.45) is 0 Å². The summed E-state index contributed by atoms with van der Waals surface area (Å²) in [6.07, 6.45) is 3.00. The Morgan fingerprint density at radius 1 is 1.05 bits per heavy atom. The van der Waals surface area contributed by atoms with Crippen molar-refractivity contribution < 1.29 is 29.7 Å². The van der Waals surface area contributed by atoms with Crippen molar-refractivity contribution >= 4 is 17.8 Å². The van der Waals surface area contributed by atoms with E-state index in [1.165, 1.54) is 0 Å². The van der Waals surface area contributed by atoms with Crippen LogP contribution in [-0.2, 0) is 14.4 Å². The van der Waals surface area contributed by atoms with Gasteiger partial charge in [-0.1, -0.05) is 32.6 Å². The molecule has 0 bridgehead atoms. The minimum atomic E-state index is -1.28. The van der Waals surface area contributed by atoms with E-state index in [-0.39, 0.29) is 19.3 Å². The first-order valence-electron chi connectivity index (χ1n) is 7.28. The van der Waals surface area contributed by atoms with Crippen molar-refractivity contribution in [2.45, 2.75) is 70.4 Å². The highest BCUT2D eigenvalue weighted by Crippen LogP contribution is 2.08. The average molecular weight is 303 g/mol. The van der Waals surface area contributed by atoms with Crippen LogP contribution >= 0.6 is 0 Å². The molecule has 0 aromatic carbocycles. The van der Waals surface area contributed by atoms with Gasteiger partial charge in [0.25, 0.3) is 0 Å². The minimum Gasteiger partial charge on any atom is -0.481 e. The second-order valence-corrected chi connectivity index (χ2v) is 5.10. The zero-order valence-corrected chi connectivity index (χ0v) is 12.4. The number of nitrogens with one attached hydrogen (secondary N) is 1. The Morgan fingerprint density at radius 2 is 1.71 bits per heavy atom. The van der Waals surface area contributed by atoms with Crippen LogP contribution in [0, 0.1) is 0 Å². The topological polar surface area (TPSA) is 124 Å². The average Bonchev–Trinajstić information content (AvgIpc) is 2.39. The summed E-state index contributed by atoms with van der Waals surface area (Å²) >= 11 is 0. The third-order valence-electron chi connectivity index (χ3n) is 3.09. The molecule has 2 unspecified atom stereocenters. The molecule has 21 heavy (non-hydrogen) atoms. The Morgan fingerprint density at radius 3 is 2.24 bits per heavy atom. The van der Waals surface area contributed by atoms with Crippen LogP contribution in [0.2, 0.25) is 0 Å². The van der Waals surface area contributed by atoms with Crippen molar-refractivity contribution in [1.29, 1.82) is 0 Å². The first kappa shape index (κ1) is 19.4. The molecule has 0 aromatic rings. The highest BCUT2D eigenvalue weighted by molar-refractivity contribution is 5.84. The number of unbranched alkanes of at least 4 members (excludes halogenated alkanes) is 3. The van der Waals surface area contributed by atoms with E-state index >= 15 is 0 Å². The number of rotatable bonds is 12. The number of carbonyl (C=O) groups is 3. The number of hydrogen-bond donors (Lipinski definition) is 4. The van der Waals surface area contributed by atoms with Gasteiger partial charge in [0.1, 0.15) is 6.04 Å². The molecular weight excluding hydrogens is 278 g/mol. The molecule has 0 aromatic heterocycles. The summed E-state index contributed by atoms with van der Waals surface area (Å²) in [7, 11) is 0. The Labute approximate surface area is 124 Å². The molecule has 0 fully saturated rings. The second kappa shape index (κ2) is 11.1. The van der Waals surface area contributed by atoms with E-state index in [1.807, 2.05) is 0 Å². The largest absolute Gasteiger partial charge is 0.481 e. The Kier molecular flexibility index (Phi) is 10.2. The summed E-state index contributed by atoms with van der Waals surface area (Å²) in [6.45, 7) is 2.08. The number of hydrogen-bond acceptors (Lipinski definition) is 4. The summed E-state index contributed by atoms with van der Waals surface area (Å²) in [5.41, 5.74) is 0. The van der Waals surface area contributed by atoms with Crippen LogP contribution in [0.3, 0.4) is 0 Å². The van der Waals surface area contributed by atoms with E-state index in [2.05, 4.69) is 12.2 Å². The second-order valence-electron chi connectivity index (χ2n) is 5.10. The lowest BCUT2D eigenvalue weighted by molar-refractivity contribution is -0.143. The molecule has 0 saturated heterocycles. The number of carboxylic acids is 2. The smallest absolute Gasteiger partial charge is 0.326 e. The number of aliphatic carboxylic acids is 2. The Balaban J connectivity index is 4.06. The van der Waals surface area contributed by atoms with Crippen LogP contribution in [-0.4, -0.2) is 45.3 Å². The lowest BCUT2D eigenvalue weighted by atomic mass is 10.1. The van der Waals surface area contributed by atoms with Crippen LogP contribution in [0.5, 0.6) is 0 Å². The molecule has 0 aliphatic carbocycles. The molecule has 7 heteroatoms. The van der Waals surface area contributed by atoms with Crippen LogP contribution in [0.1, 0.15) is 58.3 Å². The molecule has 122 valence electrons. The van der Waals surface area contributed by atoms with Crippen molar-refractivity contribution in [3.63, 3.8) is 0 Å². The maximum Gasteiger partial charge on any atom is 0.326 e. The zero-order chi connectivity index (χ0) is 16.3. The molecule has 0 rings (SSSR count). The molecule has 2 atom stereocenters. The van der Waals surface area contributed by atoms with Crippen LogP contribution in [0.15, 0.2) is 0 Å². The summed E-state index contributed by atoms with van der Waals surface area (Å²) in [6, 6.07) is -1.24. The quantitative estimate of drug-likeness (QED) is 0.401. The van der Waals surface area contributed by atoms with E-state index in [0.29, 0.717) is 6.42 Å². The Bertz CT molecular complexity index is 344. The lowest BCUT2D eigenvalue weighted by Gasteiger charge is -2.15. The fourth-order valence-corrected chi connectivity index (χ4v) is 1.90. The van der Waals surface area contributed by atoms with Crippen molar-refractivity contribution in [3.8, 4) is 0 Å². The first-order valence-corrected chi connectivity index (χ1v) is 7.28. The van der Waals surface area contributed by atoms with Gasteiger partial charge < -0.3 is 20.6 Å². The van der Waals surface area contributed by atoms with Gasteiger partial charge in [-0.2, -0.15) is 0 Å². The fourth-order valence-electron chi connectivity index (χ4n) is 1.90. The summed E-state index contributed by atoms with van der Waals surface area (Å²) in [4.78, 5) is 32.9. The fraction of sp³-hybridized carbons (Fsp3) is 0.786. The SMILES string of the molecule is CCCCCCC(O)CC(=O)NC(CCC(=O)O)C(=O)O. The van der Waals surface area contributed by atoms with E-state index in [0.717, 1.165) is 25.7 Å². The molecule has 0 spiro atoms. The van der Waals surface area contributed by atoms with Crippen LogP contribution in [0.25, 0.3) is 0 Å². The summed E-state index contributed by atoms with van der Waals surface area (Å²) < 4.78 is 0. The third kappa shape index (κ3) is 10.8. The van der Waals surface area contributed by atoms with Gasteiger partial charge >= 0.3 is 11.9 Å². The molecule has 0 heterocycles. The summed E-state index contributed by atoms with van der Waals surface area (Å²) in [5, 5.41) is 29.3. The van der Waals surface area contributed by atoms with Gasteiger partial charge in [-0.15, -0.1) is 0 Å². The van der Waals surface area contributed by atoms with Gasteiger partial charge in [0.2, 0.25) is 5.91 Å². The first-order chi connectivity index (χ1) is 9.86. The Hall–Kier alpha value is -1.63. The third-order valence-corrected chi connectivity index (χ3v) is 3.09. The predicted octanol–water partition coefficient (Wildman–Crippen LogP) is 1.14. The predicted molar refractivity (Wildman–Crippen MR) is 75.8 cm³/mol. The zero-order valence-electron chi connectivity index (χ0n) is 12.4. The molecule has 0 aliphatic heterocycles. The normalized spacial score (nSPS) is 13.4. The molecule has 4 N–H and O–H groups in total. The van der Waals surface area contributed by atoms with Gasteiger partial charge in [-0.25, -0.2) is 4.79 Å². The van der Waals surface area contributed by atoms with Gasteiger partial charge in [0.15, 0.2) is 0 Å². The monoisotopic (exact) mass is 303 g/mol. The van der Waals surface area contributed by atoms with E-state index in [4.69, 9.17) is 10.2 Å². The highest BCUT2D eigenvalue weighted by Gasteiger charge is 2.22. The molecular formula is C14H25NO6. The van der Waals surface area contributed by atoms with Crippen molar-refractivity contribution in [2.75, 3.05) is 0 Å². The van der Waals surface area contributed by atoms with Gasteiger partial charge in [0, 0.05) is 6.42 Å². The van der Waals surface area contributed by atoms with Crippen LogP contribution < -0.4 is 5.32 Å². The maximum atomic E-state index is 11.6. The number of aliphatic hydroxyl groups is 1. The number of carboxylic acid groups (broad SMARTS) is 2. The van der Waals surface area contributed by atoms with Crippen molar-refractivity contribution in [3.05, 3.63) is 0 Å². The molecule has 7 nitrogen and oxygen atoms in total. The van der Waals surface area contributed by atoms with E-state index < -0.39 is 30.0 Å². The van der Waals surface area contributed by atoms with Crippen molar-refractivity contribution in [1.82, 2.24) is 5.32 Å². The molecule has 0 saturated carbocycles. The van der Waals surface area contributed by atoms with Crippen LogP contribution in [0.4, 0.5) is 0 Å².